The quantitative estimate of drug-likeness (QED) is 0.473. The number of alkyl halides is 3. The number of aromatic nitrogens is 1. The molecule has 7 nitrogen and oxygen atoms in total. The summed E-state index contributed by atoms with van der Waals surface area (Å²) < 4.78 is 70.0. The molecular weight excluding hydrogens is 471 g/mol. The molecule has 0 saturated carbocycles. The van der Waals surface area contributed by atoms with Crippen molar-refractivity contribution in [2.45, 2.75) is 31.1 Å². The Morgan fingerprint density at radius 2 is 1.76 bits per heavy atom. The van der Waals surface area contributed by atoms with E-state index in [4.69, 9.17) is 4.74 Å². The number of sulfonamides is 1. The topological polar surface area (TPSA) is 97.4 Å². The highest BCUT2D eigenvalue weighted by Gasteiger charge is 2.29. The van der Waals surface area contributed by atoms with Crippen LogP contribution in [0.2, 0.25) is 0 Å². The Balaban J connectivity index is 1.71. The molecular formula is C23H22F3N3O4S. The van der Waals surface area contributed by atoms with Crippen molar-refractivity contribution < 1.29 is 31.1 Å². The number of halogens is 3. The largest absolute Gasteiger partial charge is 0.468 e. The molecule has 2 aromatic carbocycles. The first-order valence-corrected chi connectivity index (χ1v) is 11.6. The fourth-order valence-electron chi connectivity index (χ4n) is 2.98. The Morgan fingerprint density at radius 1 is 1.03 bits per heavy atom. The Kier molecular flexibility index (Phi) is 7.90. The molecule has 2 N–H and O–H groups in total. The second-order valence-corrected chi connectivity index (χ2v) is 9.11. The van der Waals surface area contributed by atoms with Gasteiger partial charge in [-0.2, -0.15) is 13.2 Å². The van der Waals surface area contributed by atoms with E-state index in [-0.39, 0.29) is 35.0 Å². The lowest BCUT2D eigenvalue weighted by molar-refractivity contribution is -0.154. The van der Waals surface area contributed by atoms with E-state index in [1.165, 1.54) is 36.5 Å². The number of ether oxygens (including phenoxy) is 1. The Labute approximate surface area is 195 Å². The maximum Gasteiger partial charge on any atom is 0.422 e. The second kappa shape index (κ2) is 10.7. The molecule has 0 aliphatic rings. The van der Waals surface area contributed by atoms with Crippen LogP contribution < -0.4 is 14.8 Å². The zero-order valence-electron chi connectivity index (χ0n) is 18.1. The van der Waals surface area contributed by atoms with Crippen molar-refractivity contribution in [2.24, 2.45) is 0 Å². The molecule has 0 atom stereocenters. The first kappa shape index (κ1) is 25.2. The van der Waals surface area contributed by atoms with Gasteiger partial charge in [0.15, 0.2) is 6.61 Å². The van der Waals surface area contributed by atoms with E-state index in [2.05, 4.69) is 15.0 Å². The molecule has 0 radical (unpaired) electrons. The molecule has 0 fully saturated rings. The summed E-state index contributed by atoms with van der Waals surface area (Å²) in [6, 6.07) is 16.1. The van der Waals surface area contributed by atoms with Crippen molar-refractivity contribution in [1.29, 1.82) is 0 Å². The molecule has 11 heteroatoms. The Morgan fingerprint density at radius 3 is 2.47 bits per heavy atom. The number of nitrogens with one attached hydrogen (secondary N) is 2. The number of carbonyl (C=O) groups excluding carboxylic acids is 1. The van der Waals surface area contributed by atoms with Crippen molar-refractivity contribution in [1.82, 2.24) is 15.0 Å². The molecule has 1 aromatic heterocycles. The van der Waals surface area contributed by atoms with Gasteiger partial charge in [-0.25, -0.2) is 18.1 Å². The lowest BCUT2D eigenvalue weighted by Crippen LogP contribution is -2.26. The van der Waals surface area contributed by atoms with Crippen LogP contribution in [0, 0.1) is 6.92 Å². The van der Waals surface area contributed by atoms with Crippen LogP contribution in [0.5, 0.6) is 5.88 Å². The molecule has 1 amide bonds. The molecule has 0 saturated heterocycles. The van der Waals surface area contributed by atoms with Crippen molar-refractivity contribution in [3.05, 3.63) is 89.1 Å². The average molecular weight is 494 g/mol. The number of carbonyl (C=O) groups is 1. The van der Waals surface area contributed by atoms with Gasteiger partial charge in [-0.05, 0) is 36.2 Å². The minimum Gasteiger partial charge on any atom is -0.468 e. The highest BCUT2D eigenvalue weighted by atomic mass is 32.2. The van der Waals surface area contributed by atoms with Crippen LogP contribution >= 0.6 is 0 Å². The summed E-state index contributed by atoms with van der Waals surface area (Å²) in [5.74, 6) is -0.846. The van der Waals surface area contributed by atoms with Gasteiger partial charge in [-0.1, -0.05) is 42.5 Å². The SMILES string of the molecule is Cc1ccc(S(=O)(=O)NCc2ccccc2)cc1C(=O)NCc1cccnc1OCC(F)(F)F. The van der Waals surface area contributed by atoms with Gasteiger partial charge in [0.1, 0.15) is 0 Å². The number of benzene rings is 2. The van der Waals surface area contributed by atoms with Gasteiger partial charge in [0.25, 0.3) is 5.91 Å². The third-order valence-electron chi connectivity index (χ3n) is 4.74. The highest BCUT2D eigenvalue weighted by Crippen LogP contribution is 2.21. The second-order valence-electron chi connectivity index (χ2n) is 7.34. The highest BCUT2D eigenvalue weighted by molar-refractivity contribution is 7.89. The molecule has 0 aliphatic carbocycles. The van der Waals surface area contributed by atoms with Crippen molar-refractivity contribution in [3.63, 3.8) is 0 Å². The summed E-state index contributed by atoms with van der Waals surface area (Å²) in [4.78, 5) is 16.5. The van der Waals surface area contributed by atoms with E-state index >= 15 is 0 Å². The van der Waals surface area contributed by atoms with Gasteiger partial charge in [-0.15, -0.1) is 0 Å². The minimum absolute atomic E-state index is 0.0836. The lowest BCUT2D eigenvalue weighted by atomic mass is 10.1. The first-order valence-electron chi connectivity index (χ1n) is 10.1. The summed E-state index contributed by atoms with van der Waals surface area (Å²) in [6.07, 6.45) is -3.26. The van der Waals surface area contributed by atoms with Crippen molar-refractivity contribution in [2.75, 3.05) is 6.61 Å². The molecule has 0 bridgehead atoms. The molecule has 3 aromatic rings. The van der Waals surface area contributed by atoms with Crippen molar-refractivity contribution >= 4 is 15.9 Å². The normalized spacial score (nSPS) is 11.8. The van der Waals surface area contributed by atoms with E-state index in [0.717, 1.165) is 5.56 Å². The van der Waals surface area contributed by atoms with Gasteiger partial charge in [-0.3, -0.25) is 4.79 Å². The minimum atomic E-state index is -4.53. The van der Waals surface area contributed by atoms with E-state index in [0.29, 0.717) is 5.56 Å². The van der Waals surface area contributed by atoms with E-state index in [1.54, 1.807) is 31.2 Å². The zero-order valence-corrected chi connectivity index (χ0v) is 18.9. The van der Waals surface area contributed by atoms with E-state index in [1.807, 2.05) is 6.07 Å². The maximum atomic E-state index is 12.8. The molecule has 1 heterocycles. The number of pyridine rings is 1. The third kappa shape index (κ3) is 7.03. The van der Waals surface area contributed by atoms with Crippen LogP contribution in [-0.2, 0) is 23.1 Å². The first-order chi connectivity index (χ1) is 16.0. The van der Waals surface area contributed by atoms with Crippen molar-refractivity contribution in [3.8, 4) is 5.88 Å². The van der Waals surface area contributed by atoms with E-state index in [9.17, 15) is 26.4 Å². The predicted octanol–water partition coefficient (Wildman–Crippen LogP) is 3.74. The number of nitrogens with zero attached hydrogens (tertiary/aromatic N) is 1. The summed E-state index contributed by atoms with van der Waals surface area (Å²) in [5, 5.41) is 2.57. The molecule has 0 spiro atoms. The molecule has 0 unspecified atom stereocenters. The molecule has 3 rings (SSSR count). The Hall–Kier alpha value is -3.44. The molecule has 180 valence electrons. The number of hydrogen-bond donors (Lipinski definition) is 2. The van der Waals surface area contributed by atoms with Gasteiger partial charge in [0.05, 0.1) is 4.90 Å². The maximum absolute atomic E-state index is 12.8. The smallest absolute Gasteiger partial charge is 0.422 e. The van der Waals surface area contributed by atoms with Crippen LogP contribution in [-0.4, -0.2) is 32.1 Å². The van der Waals surface area contributed by atoms with Gasteiger partial charge >= 0.3 is 6.18 Å². The summed E-state index contributed by atoms with van der Waals surface area (Å²) in [5.41, 5.74) is 1.66. The zero-order chi connectivity index (χ0) is 24.8. The number of hydrogen-bond acceptors (Lipinski definition) is 5. The molecule has 0 aliphatic heterocycles. The van der Waals surface area contributed by atoms with Crippen LogP contribution in [0.1, 0.15) is 27.0 Å². The third-order valence-corrected chi connectivity index (χ3v) is 6.13. The number of rotatable bonds is 9. The summed E-state index contributed by atoms with van der Waals surface area (Å²) in [6.45, 7) is 0.0490. The van der Waals surface area contributed by atoms with Crippen LogP contribution in [0.15, 0.2) is 71.8 Å². The fraction of sp³-hybridized carbons (Fsp3) is 0.217. The van der Waals surface area contributed by atoms with Gasteiger partial charge in [0.2, 0.25) is 15.9 Å². The monoisotopic (exact) mass is 493 g/mol. The molecule has 34 heavy (non-hydrogen) atoms. The van der Waals surface area contributed by atoms with Crippen LogP contribution in [0.4, 0.5) is 13.2 Å². The number of aryl methyl sites for hydroxylation is 1. The average Bonchev–Trinajstić information content (AvgIpc) is 2.81. The van der Waals surface area contributed by atoms with Gasteiger partial charge in [0, 0.05) is 30.4 Å². The lowest BCUT2D eigenvalue weighted by Gasteiger charge is -2.14. The predicted molar refractivity (Wildman–Crippen MR) is 119 cm³/mol. The van der Waals surface area contributed by atoms with Crippen LogP contribution in [0.25, 0.3) is 0 Å². The fourth-order valence-corrected chi connectivity index (χ4v) is 4.02. The van der Waals surface area contributed by atoms with Gasteiger partial charge < -0.3 is 10.1 Å². The number of amides is 1. The van der Waals surface area contributed by atoms with E-state index < -0.39 is 28.7 Å². The summed E-state index contributed by atoms with van der Waals surface area (Å²) in [7, 11) is -3.89. The summed E-state index contributed by atoms with van der Waals surface area (Å²) >= 11 is 0. The standard InChI is InChI=1S/C23H22F3N3O4S/c1-16-9-10-19(34(31,32)29-13-17-6-3-2-4-7-17)12-20(16)21(30)28-14-18-8-5-11-27-22(18)33-15-23(24,25)26/h2-12,29H,13-15H2,1H3,(H,28,30). The Bertz CT molecular complexity index is 1250. The van der Waals surface area contributed by atoms with Crippen LogP contribution in [0.3, 0.4) is 0 Å².